The Balaban J connectivity index is 3.13. The molecule has 0 fully saturated rings. The van der Waals surface area contributed by atoms with E-state index in [1.165, 1.54) is 0 Å². The monoisotopic (exact) mass is 206 g/mol. The van der Waals surface area contributed by atoms with Crippen molar-refractivity contribution in [1.82, 2.24) is 0 Å². The van der Waals surface area contributed by atoms with E-state index in [-0.39, 0.29) is 26.4 Å². The highest BCUT2D eigenvalue weighted by Crippen LogP contribution is 1.82. The Hall–Kier alpha value is -1.14. The molecule has 6 nitrogen and oxygen atoms in total. The summed E-state index contributed by atoms with van der Waals surface area (Å²) in [5.74, 6) is -1.47. The van der Waals surface area contributed by atoms with Gasteiger partial charge in [0, 0.05) is 0 Å². The highest BCUT2D eigenvalue weighted by Gasteiger charge is 2.01. The average Bonchev–Trinajstić information content (AvgIpc) is 2.11. The number of rotatable bonds is 8. The molecule has 14 heavy (non-hydrogen) atoms. The summed E-state index contributed by atoms with van der Waals surface area (Å²) in [6.45, 7) is 1.84. The maximum Gasteiger partial charge on any atom is 0.332 e. The summed E-state index contributed by atoms with van der Waals surface area (Å²) in [6, 6.07) is 0. The lowest BCUT2D eigenvalue weighted by Crippen LogP contribution is -2.16. The highest BCUT2D eigenvalue weighted by atomic mass is 16.6. The topological polar surface area (TPSA) is 82.1 Å². The third-order valence-electron chi connectivity index (χ3n) is 1.12. The zero-order chi connectivity index (χ0) is 10.8. The van der Waals surface area contributed by atoms with Gasteiger partial charge in [-0.3, -0.25) is 0 Å². The number of hydrogen-bond donors (Lipinski definition) is 1. The number of carbonyl (C=O) groups excluding carboxylic acids is 1. The minimum atomic E-state index is -1.03. The maximum atomic E-state index is 10.7. The third kappa shape index (κ3) is 8.95. The molecule has 0 rings (SSSR count). The molecule has 0 radical (unpaired) electrons. The molecule has 0 aliphatic rings. The van der Waals surface area contributed by atoms with E-state index < -0.39 is 11.9 Å². The lowest BCUT2D eigenvalue weighted by molar-refractivity contribution is -0.150. The fourth-order valence-electron chi connectivity index (χ4n) is 0.635. The van der Waals surface area contributed by atoms with Gasteiger partial charge in [0.1, 0.15) is 13.2 Å². The van der Waals surface area contributed by atoms with Gasteiger partial charge in [-0.05, 0) is 6.92 Å². The number of carbonyl (C=O) groups is 2. The van der Waals surface area contributed by atoms with Gasteiger partial charge in [-0.2, -0.15) is 0 Å². The first-order valence-corrected chi connectivity index (χ1v) is 4.19. The van der Waals surface area contributed by atoms with Crippen molar-refractivity contribution in [2.45, 2.75) is 6.92 Å². The summed E-state index contributed by atoms with van der Waals surface area (Å²) in [5, 5.41) is 8.19. The molecule has 0 aliphatic carbocycles. The maximum absolute atomic E-state index is 10.7. The molecular weight excluding hydrogens is 192 g/mol. The van der Waals surface area contributed by atoms with Crippen LogP contribution in [0.1, 0.15) is 6.92 Å². The van der Waals surface area contributed by atoms with E-state index in [1.807, 2.05) is 0 Å². The van der Waals surface area contributed by atoms with E-state index in [9.17, 15) is 9.59 Å². The van der Waals surface area contributed by atoms with E-state index in [4.69, 9.17) is 9.84 Å². The van der Waals surface area contributed by atoms with Crippen molar-refractivity contribution in [3.8, 4) is 0 Å². The van der Waals surface area contributed by atoms with Crippen LogP contribution in [0.2, 0.25) is 0 Å². The molecule has 0 atom stereocenters. The fourth-order valence-corrected chi connectivity index (χ4v) is 0.635. The molecule has 0 heterocycles. The second kappa shape index (κ2) is 8.46. The quantitative estimate of drug-likeness (QED) is 0.432. The molecule has 6 heteroatoms. The van der Waals surface area contributed by atoms with Crippen molar-refractivity contribution < 1.29 is 28.9 Å². The molecule has 0 aromatic heterocycles. The SMILES string of the molecule is CCOC(=O)COCCOCC(=O)O. The number of esters is 1. The second-order valence-electron chi connectivity index (χ2n) is 2.30. The molecule has 0 spiro atoms. The Kier molecular flexibility index (Phi) is 7.77. The number of carboxylic acids is 1. The number of aliphatic carboxylic acids is 1. The average molecular weight is 206 g/mol. The lowest BCUT2D eigenvalue weighted by atomic mass is 10.7. The fraction of sp³-hybridized carbons (Fsp3) is 0.750. The molecule has 0 aliphatic heterocycles. The van der Waals surface area contributed by atoms with Crippen LogP contribution in [0, 0.1) is 0 Å². The van der Waals surface area contributed by atoms with Gasteiger partial charge in [-0.15, -0.1) is 0 Å². The molecule has 0 bridgehead atoms. The predicted octanol–water partition coefficient (Wildman–Crippen LogP) is -0.333. The minimum Gasteiger partial charge on any atom is -0.480 e. The van der Waals surface area contributed by atoms with Gasteiger partial charge in [0.05, 0.1) is 19.8 Å². The van der Waals surface area contributed by atoms with Crippen molar-refractivity contribution in [2.75, 3.05) is 33.0 Å². The van der Waals surface area contributed by atoms with E-state index in [0.29, 0.717) is 6.61 Å². The summed E-state index contributed by atoms with van der Waals surface area (Å²) in [6.07, 6.45) is 0. The van der Waals surface area contributed by atoms with E-state index in [0.717, 1.165) is 0 Å². The van der Waals surface area contributed by atoms with E-state index in [2.05, 4.69) is 9.47 Å². The largest absolute Gasteiger partial charge is 0.480 e. The molecule has 1 N–H and O–H groups in total. The Labute approximate surface area is 81.8 Å². The van der Waals surface area contributed by atoms with E-state index >= 15 is 0 Å². The standard InChI is InChI=1S/C8H14O6/c1-2-14-8(11)6-13-4-3-12-5-7(9)10/h2-6H2,1H3,(H,9,10). The molecule has 0 saturated heterocycles. The van der Waals surface area contributed by atoms with Gasteiger partial charge >= 0.3 is 11.9 Å². The first kappa shape index (κ1) is 12.9. The minimum absolute atomic E-state index is 0.135. The van der Waals surface area contributed by atoms with Crippen molar-refractivity contribution in [1.29, 1.82) is 0 Å². The summed E-state index contributed by atoms with van der Waals surface area (Å²) in [7, 11) is 0. The van der Waals surface area contributed by atoms with Crippen LogP contribution < -0.4 is 0 Å². The van der Waals surface area contributed by atoms with Crippen LogP contribution in [0.15, 0.2) is 0 Å². The van der Waals surface area contributed by atoms with Crippen molar-refractivity contribution in [2.24, 2.45) is 0 Å². The molecule has 0 saturated carbocycles. The molecule has 0 aromatic carbocycles. The van der Waals surface area contributed by atoms with Crippen LogP contribution in [-0.2, 0) is 23.8 Å². The molecule has 0 amide bonds. The van der Waals surface area contributed by atoms with Gasteiger partial charge in [-0.25, -0.2) is 9.59 Å². The number of ether oxygens (including phenoxy) is 3. The van der Waals surface area contributed by atoms with Gasteiger partial charge in [0.15, 0.2) is 0 Å². The molecular formula is C8H14O6. The number of hydrogen-bond acceptors (Lipinski definition) is 5. The lowest BCUT2D eigenvalue weighted by Gasteiger charge is -2.03. The van der Waals surface area contributed by atoms with Crippen LogP contribution in [0.4, 0.5) is 0 Å². The Morgan fingerprint density at radius 1 is 1.14 bits per heavy atom. The first-order valence-electron chi connectivity index (χ1n) is 4.19. The molecule has 0 unspecified atom stereocenters. The van der Waals surface area contributed by atoms with Gasteiger partial charge in [0.2, 0.25) is 0 Å². The van der Waals surface area contributed by atoms with Crippen LogP contribution in [0.5, 0.6) is 0 Å². The summed E-state index contributed by atoms with van der Waals surface area (Å²) in [5.41, 5.74) is 0. The Bertz CT molecular complexity index is 179. The summed E-state index contributed by atoms with van der Waals surface area (Å²) < 4.78 is 14.1. The second-order valence-corrected chi connectivity index (χ2v) is 2.30. The predicted molar refractivity (Wildman–Crippen MR) is 45.9 cm³/mol. The zero-order valence-electron chi connectivity index (χ0n) is 8.02. The van der Waals surface area contributed by atoms with Crippen LogP contribution in [0.25, 0.3) is 0 Å². The van der Waals surface area contributed by atoms with Crippen molar-refractivity contribution in [3.63, 3.8) is 0 Å². The smallest absolute Gasteiger partial charge is 0.332 e. The first-order chi connectivity index (χ1) is 6.66. The van der Waals surface area contributed by atoms with Crippen LogP contribution >= 0.6 is 0 Å². The number of carboxylic acid groups (broad SMARTS) is 1. The Morgan fingerprint density at radius 2 is 1.71 bits per heavy atom. The Morgan fingerprint density at radius 3 is 2.21 bits per heavy atom. The summed E-state index contributed by atoms with van der Waals surface area (Å²) in [4.78, 5) is 20.7. The van der Waals surface area contributed by atoms with Gasteiger partial charge in [-0.1, -0.05) is 0 Å². The van der Waals surface area contributed by atoms with Gasteiger partial charge < -0.3 is 19.3 Å². The summed E-state index contributed by atoms with van der Waals surface area (Å²) >= 11 is 0. The van der Waals surface area contributed by atoms with Crippen LogP contribution in [-0.4, -0.2) is 50.1 Å². The normalized spacial score (nSPS) is 9.79. The molecule has 0 aromatic rings. The third-order valence-corrected chi connectivity index (χ3v) is 1.12. The van der Waals surface area contributed by atoms with Crippen LogP contribution in [0.3, 0.4) is 0 Å². The zero-order valence-corrected chi connectivity index (χ0v) is 8.02. The van der Waals surface area contributed by atoms with Crippen molar-refractivity contribution in [3.05, 3.63) is 0 Å². The van der Waals surface area contributed by atoms with Crippen molar-refractivity contribution >= 4 is 11.9 Å². The van der Waals surface area contributed by atoms with Gasteiger partial charge in [0.25, 0.3) is 0 Å². The highest BCUT2D eigenvalue weighted by molar-refractivity contribution is 5.70. The van der Waals surface area contributed by atoms with E-state index in [1.54, 1.807) is 6.92 Å². The molecule has 82 valence electrons.